The number of ketones is 1. The van der Waals surface area contributed by atoms with Crippen LogP contribution in [0.1, 0.15) is 32.3 Å². The van der Waals surface area contributed by atoms with Gasteiger partial charge >= 0.3 is 0 Å². The van der Waals surface area contributed by atoms with Gasteiger partial charge in [0.2, 0.25) is 0 Å². The van der Waals surface area contributed by atoms with Crippen molar-refractivity contribution in [1.29, 1.82) is 0 Å². The largest absolute Gasteiger partial charge is 0.361 e. The number of hydrogen-bond acceptors (Lipinski definition) is 3. The number of rotatable bonds is 7. The monoisotopic (exact) mass is 445 g/mol. The number of aromatic amines is 1. The highest BCUT2D eigenvalue weighted by atomic mass is 32.2. The van der Waals surface area contributed by atoms with Gasteiger partial charge in [0.05, 0.1) is 16.1 Å². The molecule has 1 aliphatic carbocycles. The summed E-state index contributed by atoms with van der Waals surface area (Å²) < 4.78 is 24.1. The number of carbonyl (C=O) groups excluding carboxylic acids is 1. The lowest BCUT2D eigenvalue weighted by Gasteiger charge is -2.15. The molecule has 3 aromatic carbocycles. The van der Waals surface area contributed by atoms with E-state index < -0.39 is 9.84 Å². The Morgan fingerprint density at radius 2 is 1.75 bits per heavy atom. The summed E-state index contributed by atoms with van der Waals surface area (Å²) in [6, 6.07) is 23.3. The third-order valence-electron chi connectivity index (χ3n) is 6.61. The van der Waals surface area contributed by atoms with Crippen LogP contribution in [0.15, 0.2) is 83.9 Å². The molecule has 5 rings (SSSR count). The fourth-order valence-corrected chi connectivity index (χ4v) is 5.33. The van der Waals surface area contributed by atoms with E-state index in [1.165, 1.54) is 0 Å². The van der Waals surface area contributed by atoms with Crippen LogP contribution in [-0.4, -0.2) is 24.9 Å². The average Bonchev–Trinajstić information content (AvgIpc) is 3.50. The van der Waals surface area contributed by atoms with Crippen molar-refractivity contribution in [2.45, 2.75) is 36.5 Å². The maximum atomic E-state index is 13.3. The van der Waals surface area contributed by atoms with E-state index in [9.17, 15) is 13.2 Å². The SMILES string of the molecule is CCS(=O)(=O)c1ccc(-c2cccc(CC(=O)C3(c4ccc5[nH]ccc5c4)CC3)c2)cc1.[HH]. The van der Waals surface area contributed by atoms with Gasteiger partial charge in [-0.3, -0.25) is 4.79 Å². The van der Waals surface area contributed by atoms with Crippen LogP contribution >= 0.6 is 0 Å². The number of benzene rings is 3. The molecule has 0 amide bonds. The van der Waals surface area contributed by atoms with Crippen molar-refractivity contribution in [3.05, 3.63) is 90.1 Å². The summed E-state index contributed by atoms with van der Waals surface area (Å²) in [6.07, 6.45) is 4.11. The predicted octanol–water partition coefficient (Wildman–Crippen LogP) is 5.72. The molecule has 0 spiro atoms. The highest BCUT2D eigenvalue weighted by molar-refractivity contribution is 7.91. The maximum Gasteiger partial charge on any atom is 0.178 e. The van der Waals surface area contributed by atoms with Crippen molar-refractivity contribution < 1.29 is 14.6 Å². The van der Waals surface area contributed by atoms with Crippen LogP contribution in [0.4, 0.5) is 0 Å². The first kappa shape index (κ1) is 20.7. The Kier molecular flexibility index (Phi) is 5.01. The molecule has 1 fully saturated rings. The molecule has 0 atom stereocenters. The van der Waals surface area contributed by atoms with Crippen molar-refractivity contribution >= 4 is 26.5 Å². The van der Waals surface area contributed by atoms with E-state index in [-0.39, 0.29) is 18.4 Å². The highest BCUT2D eigenvalue weighted by Gasteiger charge is 2.50. The van der Waals surface area contributed by atoms with E-state index >= 15 is 0 Å². The zero-order valence-electron chi connectivity index (χ0n) is 18.0. The van der Waals surface area contributed by atoms with Gasteiger partial charge in [0.15, 0.2) is 9.84 Å². The Hall–Kier alpha value is -3.18. The molecule has 0 saturated heterocycles. The summed E-state index contributed by atoms with van der Waals surface area (Å²) in [5.41, 5.74) is 4.73. The van der Waals surface area contributed by atoms with Gasteiger partial charge in [0.25, 0.3) is 0 Å². The van der Waals surface area contributed by atoms with Crippen molar-refractivity contribution in [3.63, 3.8) is 0 Å². The quantitative estimate of drug-likeness (QED) is 0.396. The lowest BCUT2D eigenvalue weighted by molar-refractivity contribution is -0.120. The van der Waals surface area contributed by atoms with E-state index in [1.807, 2.05) is 48.7 Å². The van der Waals surface area contributed by atoms with E-state index in [2.05, 4.69) is 23.2 Å². The fraction of sp³-hybridized carbons (Fsp3) is 0.222. The molecule has 32 heavy (non-hydrogen) atoms. The summed E-state index contributed by atoms with van der Waals surface area (Å²) in [5, 5.41) is 1.14. The number of H-pyrrole nitrogens is 1. The topological polar surface area (TPSA) is 67.0 Å². The van der Waals surface area contributed by atoms with Crippen LogP contribution in [0.3, 0.4) is 0 Å². The molecule has 1 saturated carbocycles. The zero-order chi connectivity index (χ0) is 22.3. The first-order valence-electron chi connectivity index (χ1n) is 10.9. The second-order valence-electron chi connectivity index (χ2n) is 8.59. The molecule has 0 aliphatic heterocycles. The van der Waals surface area contributed by atoms with Crippen LogP contribution < -0.4 is 0 Å². The standard InChI is InChI=1S/C27H25NO3S.H2/c1-2-32(30,31)24-9-6-20(7-10-24)21-5-3-4-19(16-21)17-26(29)27(13-14-27)23-8-11-25-22(18-23)12-15-28-25;/h3-12,15-16,18,28H,2,13-14,17H2,1H3;1H. The van der Waals surface area contributed by atoms with Gasteiger partial charge in [-0.15, -0.1) is 0 Å². The van der Waals surface area contributed by atoms with Crippen LogP contribution in [0.2, 0.25) is 0 Å². The molecule has 5 heteroatoms. The van der Waals surface area contributed by atoms with Crippen molar-refractivity contribution in [2.75, 3.05) is 5.75 Å². The predicted molar refractivity (Wildman–Crippen MR) is 130 cm³/mol. The summed E-state index contributed by atoms with van der Waals surface area (Å²) in [7, 11) is -3.21. The van der Waals surface area contributed by atoms with Crippen LogP contribution in [0.5, 0.6) is 0 Å². The van der Waals surface area contributed by atoms with Gasteiger partial charge < -0.3 is 4.98 Å². The van der Waals surface area contributed by atoms with E-state index in [0.29, 0.717) is 11.3 Å². The number of nitrogens with one attached hydrogen (secondary N) is 1. The Morgan fingerprint density at radius 3 is 2.47 bits per heavy atom. The Morgan fingerprint density at radius 1 is 0.969 bits per heavy atom. The number of carbonyl (C=O) groups is 1. The Bertz CT molecular complexity index is 1420. The van der Waals surface area contributed by atoms with Crippen LogP contribution in [-0.2, 0) is 26.5 Å². The van der Waals surface area contributed by atoms with E-state index in [0.717, 1.165) is 46.0 Å². The number of hydrogen-bond donors (Lipinski definition) is 1. The molecular weight excluding hydrogens is 418 g/mol. The van der Waals surface area contributed by atoms with Gasteiger partial charge in [-0.1, -0.05) is 49.4 Å². The summed E-state index contributed by atoms with van der Waals surface area (Å²) in [5.74, 6) is 0.344. The molecular formula is C27H27NO3S. The molecule has 1 heterocycles. The molecule has 0 bridgehead atoms. The minimum absolute atomic E-state index is 0. The second-order valence-corrected chi connectivity index (χ2v) is 10.9. The van der Waals surface area contributed by atoms with Gasteiger partial charge in [0, 0.05) is 19.6 Å². The van der Waals surface area contributed by atoms with Crippen molar-refractivity contribution in [1.82, 2.24) is 4.98 Å². The fourth-order valence-electron chi connectivity index (χ4n) is 4.44. The van der Waals surface area contributed by atoms with E-state index in [4.69, 9.17) is 0 Å². The normalized spacial score (nSPS) is 15.0. The maximum absolute atomic E-state index is 13.3. The summed E-state index contributed by atoms with van der Waals surface area (Å²) in [6.45, 7) is 1.65. The molecule has 0 unspecified atom stereocenters. The molecule has 1 aliphatic rings. The first-order valence-corrected chi connectivity index (χ1v) is 12.6. The lowest BCUT2D eigenvalue weighted by Crippen LogP contribution is -2.22. The van der Waals surface area contributed by atoms with Crippen molar-refractivity contribution in [2.24, 2.45) is 0 Å². The molecule has 164 valence electrons. The minimum atomic E-state index is -3.21. The summed E-state index contributed by atoms with van der Waals surface area (Å²) in [4.78, 5) is 16.9. The number of sulfone groups is 1. The van der Waals surface area contributed by atoms with Gasteiger partial charge in [-0.2, -0.15) is 0 Å². The zero-order valence-corrected chi connectivity index (χ0v) is 18.8. The lowest BCUT2D eigenvalue weighted by atomic mass is 9.87. The van der Waals surface area contributed by atoms with Crippen LogP contribution in [0, 0.1) is 0 Å². The Balaban J connectivity index is 0.00000259. The van der Waals surface area contributed by atoms with Crippen molar-refractivity contribution in [3.8, 4) is 11.1 Å². The van der Waals surface area contributed by atoms with E-state index in [1.54, 1.807) is 19.1 Å². The average molecular weight is 446 g/mol. The molecule has 0 radical (unpaired) electrons. The Labute approximate surface area is 189 Å². The summed E-state index contributed by atoms with van der Waals surface area (Å²) >= 11 is 0. The second kappa shape index (κ2) is 7.75. The minimum Gasteiger partial charge on any atom is -0.361 e. The third kappa shape index (κ3) is 3.67. The smallest absolute Gasteiger partial charge is 0.178 e. The van der Waals surface area contributed by atoms with Gasteiger partial charge in [0.1, 0.15) is 5.78 Å². The third-order valence-corrected chi connectivity index (χ3v) is 8.36. The van der Waals surface area contributed by atoms with Gasteiger partial charge in [-0.05, 0) is 70.8 Å². The number of aromatic nitrogens is 1. The molecule has 4 aromatic rings. The van der Waals surface area contributed by atoms with Gasteiger partial charge in [-0.25, -0.2) is 8.42 Å². The highest BCUT2D eigenvalue weighted by Crippen LogP contribution is 2.50. The van der Waals surface area contributed by atoms with Crippen LogP contribution in [0.25, 0.3) is 22.0 Å². The molecule has 1 N–H and O–H groups in total. The number of Topliss-reactive ketones (excluding diaryl/α,β-unsaturated/α-hetero) is 1. The number of fused-ring (bicyclic) bond motifs is 1. The molecule has 4 nitrogen and oxygen atoms in total. The first-order chi connectivity index (χ1) is 15.4. The molecule has 1 aromatic heterocycles.